The van der Waals surface area contributed by atoms with E-state index < -0.39 is 17.5 Å². The lowest BCUT2D eigenvalue weighted by Crippen LogP contribution is -2.13. The topological polar surface area (TPSA) is 68.0 Å². The number of carbonyl (C=O) groups is 1. The normalized spacial score (nSPS) is 10.7. The Balaban J connectivity index is 1.58. The first-order valence-corrected chi connectivity index (χ1v) is 8.42. The predicted molar refractivity (Wildman–Crippen MR) is 95.8 cm³/mol. The molecule has 3 rings (SSSR count). The van der Waals surface area contributed by atoms with Gasteiger partial charge < -0.3 is 9.84 Å². The van der Waals surface area contributed by atoms with Gasteiger partial charge in [-0.1, -0.05) is 17.3 Å². The van der Waals surface area contributed by atoms with Crippen LogP contribution in [0.3, 0.4) is 0 Å². The van der Waals surface area contributed by atoms with Crippen molar-refractivity contribution in [1.29, 1.82) is 0 Å². The van der Waals surface area contributed by atoms with Crippen molar-refractivity contribution in [2.45, 2.75) is 12.8 Å². The number of rotatable bonds is 5. The molecule has 1 aromatic heterocycles. The van der Waals surface area contributed by atoms with E-state index in [0.29, 0.717) is 17.8 Å². The molecule has 0 fully saturated rings. The van der Waals surface area contributed by atoms with Gasteiger partial charge >= 0.3 is 0 Å². The van der Waals surface area contributed by atoms with Crippen LogP contribution in [0.25, 0.3) is 11.4 Å². The molecule has 0 atom stereocenters. The van der Waals surface area contributed by atoms with Crippen molar-refractivity contribution in [1.82, 2.24) is 10.1 Å². The van der Waals surface area contributed by atoms with Crippen molar-refractivity contribution in [2.75, 3.05) is 5.32 Å². The van der Waals surface area contributed by atoms with Crippen LogP contribution in [0.4, 0.5) is 14.5 Å². The number of carbonyl (C=O) groups excluding carboxylic acids is 1. The van der Waals surface area contributed by atoms with Crippen molar-refractivity contribution in [3.8, 4) is 11.4 Å². The molecule has 0 aliphatic carbocycles. The van der Waals surface area contributed by atoms with Crippen LogP contribution in [0.1, 0.15) is 12.3 Å². The Hall–Kier alpha value is -2.36. The van der Waals surface area contributed by atoms with Crippen molar-refractivity contribution in [2.24, 2.45) is 0 Å². The highest BCUT2D eigenvalue weighted by Gasteiger charge is 2.12. The Morgan fingerprint density at radius 2 is 1.92 bits per heavy atom. The number of anilines is 1. The first-order chi connectivity index (χ1) is 12.0. The quantitative estimate of drug-likeness (QED) is 0.586. The van der Waals surface area contributed by atoms with E-state index in [4.69, 9.17) is 4.52 Å². The molecule has 3 aromatic rings. The summed E-state index contributed by atoms with van der Waals surface area (Å²) in [6.07, 6.45) is 0.247. The smallest absolute Gasteiger partial charge is 0.227 e. The predicted octanol–water partition coefficient (Wildman–Crippen LogP) is 4.19. The van der Waals surface area contributed by atoms with Crippen LogP contribution in [0.5, 0.6) is 0 Å². The molecule has 0 bridgehead atoms. The van der Waals surface area contributed by atoms with Crippen LogP contribution in [0, 0.1) is 15.2 Å². The highest BCUT2D eigenvalue weighted by molar-refractivity contribution is 14.1. The van der Waals surface area contributed by atoms with E-state index in [1.165, 1.54) is 6.07 Å². The van der Waals surface area contributed by atoms with Crippen molar-refractivity contribution in [3.63, 3.8) is 0 Å². The van der Waals surface area contributed by atoms with Crippen molar-refractivity contribution >= 4 is 34.2 Å². The number of hydrogen-bond donors (Lipinski definition) is 1. The zero-order valence-corrected chi connectivity index (χ0v) is 15.0. The van der Waals surface area contributed by atoms with Gasteiger partial charge in [0.2, 0.25) is 17.6 Å². The van der Waals surface area contributed by atoms with Gasteiger partial charge in [-0.2, -0.15) is 4.98 Å². The third-order valence-corrected chi connectivity index (χ3v) is 4.06. The minimum atomic E-state index is -0.827. The number of aryl methyl sites for hydroxylation is 1. The summed E-state index contributed by atoms with van der Waals surface area (Å²) in [7, 11) is 0. The molecule has 2 aromatic carbocycles. The molecule has 1 amide bonds. The molecule has 1 heterocycles. The molecular weight excluding hydrogens is 443 g/mol. The van der Waals surface area contributed by atoms with E-state index in [1.54, 1.807) is 0 Å². The number of nitrogens with one attached hydrogen (secondary N) is 1. The molecular formula is C17H12F2IN3O2. The summed E-state index contributed by atoms with van der Waals surface area (Å²) in [5.41, 5.74) is 0.741. The van der Waals surface area contributed by atoms with Crippen LogP contribution >= 0.6 is 22.6 Å². The number of hydrogen-bond acceptors (Lipinski definition) is 4. The molecule has 0 saturated heterocycles. The van der Waals surface area contributed by atoms with E-state index in [0.717, 1.165) is 15.2 Å². The maximum atomic E-state index is 13.5. The number of halogens is 3. The number of aromatic nitrogens is 2. The molecule has 0 radical (unpaired) electrons. The number of amides is 1. The van der Waals surface area contributed by atoms with Gasteiger partial charge in [-0.05, 0) is 46.9 Å². The number of benzene rings is 2. The maximum absolute atomic E-state index is 13.5. The second kappa shape index (κ2) is 7.68. The lowest BCUT2D eigenvalue weighted by molar-refractivity contribution is -0.116. The highest BCUT2D eigenvalue weighted by atomic mass is 127. The molecule has 0 aliphatic rings. The molecule has 1 N–H and O–H groups in total. The fourth-order valence-corrected chi connectivity index (χ4v) is 2.46. The molecule has 0 saturated carbocycles. The summed E-state index contributed by atoms with van der Waals surface area (Å²) in [6, 6.07) is 10.6. The van der Waals surface area contributed by atoms with E-state index in [2.05, 4.69) is 38.0 Å². The van der Waals surface area contributed by atoms with Gasteiger partial charge in [0.05, 0.1) is 5.69 Å². The van der Waals surface area contributed by atoms with E-state index >= 15 is 0 Å². The van der Waals surface area contributed by atoms with E-state index in [1.807, 2.05) is 24.3 Å². The van der Waals surface area contributed by atoms with Gasteiger partial charge in [0.1, 0.15) is 11.6 Å². The van der Waals surface area contributed by atoms with E-state index in [9.17, 15) is 13.6 Å². The van der Waals surface area contributed by atoms with Crippen molar-refractivity contribution < 1.29 is 18.1 Å². The average Bonchev–Trinajstić information content (AvgIpc) is 3.05. The Bertz CT molecular complexity index is 897. The zero-order chi connectivity index (χ0) is 17.8. The van der Waals surface area contributed by atoms with Gasteiger partial charge in [0.25, 0.3) is 0 Å². The summed E-state index contributed by atoms with van der Waals surface area (Å²) in [5, 5.41) is 6.26. The summed E-state index contributed by atoms with van der Waals surface area (Å²) in [5.74, 6) is -1.21. The molecule has 5 nitrogen and oxygen atoms in total. The summed E-state index contributed by atoms with van der Waals surface area (Å²) >= 11 is 2.20. The molecule has 128 valence electrons. The summed E-state index contributed by atoms with van der Waals surface area (Å²) < 4.78 is 32.6. The van der Waals surface area contributed by atoms with Crippen molar-refractivity contribution in [3.05, 3.63) is 63.6 Å². The SMILES string of the molecule is O=C(CCc1nc(-c2ccc(I)cc2)no1)Nc1ccc(F)cc1F. The van der Waals surface area contributed by atoms with Gasteiger partial charge in [0.15, 0.2) is 0 Å². The maximum Gasteiger partial charge on any atom is 0.227 e. The van der Waals surface area contributed by atoms with Crippen LogP contribution in [0.15, 0.2) is 47.0 Å². The lowest BCUT2D eigenvalue weighted by atomic mass is 10.2. The Labute approximate surface area is 155 Å². The largest absolute Gasteiger partial charge is 0.339 e. The van der Waals surface area contributed by atoms with Crippen LogP contribution in [0.2, 0.25) is 0 Å². The summed E-state index contributed by atoms with van der Waals surface area (Å²) in [6.45, 7) is 0. The monoisotopic (exact) mass is 455 g/mol. The van der Waals surface area contributed by atoms with Gasteiger partial charge in [0, 0.05) is 28.0 Å². The Morgan fingerprint density at radius 3 is 2.64 bits per heavy atom. The molecule has 25 heavy (non-hydrogen) atoms. The summed E-state index contributed by atoms with van der Waals surface area (Å²) in [4.78, 5) is 16.1. The third kappa shape index (κ3) is 4.59. The molecule has 8 heteroatoms. The second-order valence-corrected chi connectivity index (χ2v) is 6.44. The standard InChI is InChI=1S/C17H12F2IN3O2/c18-11-3-6-14(13(19)9-11)21-15(24)7-8-16-22-17(23-25-16)10-1-4-12(20)5-2-10/h1-6,9H,7-8H2,(H,21,24). The fraction of sp³-hybridized carbons (Fsp3) is 0.118. The van der Waals surface area contributed by atoms with Gasteiger partial charge in [-0.3, -0.25) is 4.79 Å². The average molecular weight is 455 g/mol. The minimum absolute atomic E-state index is 0.0329. The first-order valence-electron chi connectivity index (χ1n) is 7.35. The molecule has 0 aliphatic heterocycles. The third-order valence-electron chi connectivity index (χ3n) is 3.34. The fourth-order valence-electron chi connectivity index (χ4n) is 2.10. The van der Waals surface area contributed by atoms with Crippen LogP contribution < -0.4 is 5.32 Å². The minimum Gasteiger partial charge on any atom is -0.339 e. The number of nitrogens with zero attached hydrogens (tertiary/aromatic N) is 2. The molecule has 0 unspecified atom stereocenters. The lowest BCUT2D eigenvalue weighted by Gasteiger charge is -2.05. The van der Waals surface area contributed by atoms with Gasteiger partial charge in [-0.25, -0.2) is 8.78 Å². The first kappa shape index (κ1) is 17.5. The van der Waals surface area contributed by atoms with E-state index in [-0.39, 0.29) is 18.5 Å². The zero-order valence-electron chi connectivity index (χ0n) is 12.8. The Morgan fingerprint density at radius 1 is 1.16 bits per heavy atom. The highest BCUT2D eigenvalue weighted by Crippen LogP contribution is 2.18. The Kier molecular flexibility index (Phi) is 5.37. The second-order valence-electron chi connectivity index (χ2n) is 5.19. The molecule has 0 spiro atoms. The van der Waals surface area contributed by atoms with Gasteiger partial charge in [-0.15, -0.1) is 0 Å². The van der Waals surface area contributed by atoms with Crippen LogP contribution in [-0.4, -0.2) is 16.0 Å². The van der Waals surface area contributed by atoms with Crippen LogP contribution in [-0.2, 0) is 11.2 Å².